The molecule has 35 heavy (non-hydrogen) atoms. The van der Waals surface area contributed by atoms with E-state index in [9.17, 15) is 12.8 Å². The Balaban J connectivity index is 1.75. The summed E-state index contributed by atoms with van der Waals surface area (Å²) in [5, 5.41) is 0. The lowest BCUT2D eigenvalue weighted by Gasteiger charge is -2.29. The zero-order chi connectivity index (χ0) is 25.2. The molecule has 6 nitrogen and oxygen atoms in total. The third-order valence-electron chi connectivity index (χ3n) is 6.16. The molecule has 184 valence electrons. The van der Waals surface area contributed by atoms with Crippen molar-refractivity contribution in [2.45, 2.75) is 37.4 Å². The van der Waals surface area contributed by atoms with Crippen molar-refractivity contribution in [2.75, 3.05) is 21.1 Å². The lowest BCUT2D eigenvalue weighted by Crippen LogP contribution is -2.27. The average molecular weight is 495 g/mol. The van der Waals surface area contributed by atoms with Crippen molar-refractivity contribution in [3.63, 3.8) is 0 Å². The monoisotopic (exact) mass is 494 g/mol. The first-order chi connectivity index (χ1) is 16.7. The first-order valence-corrected chi connectivity index (χ1v) is 13.1. The van der Waals surface area contributed by atoms with Gasteiger partial charge in [0, 0.05) is 20.6 Å². The van der Waals surface area contributed by atoms with Crippen LogP contribution in [0.1, 0.15) is 36.3 Å². The van der Waals surface area contributed by atoms with Crippen LogP contribution in [0.3, 0.4) is 0 Å². The number of nitrogens with zero attached hydrogens (tertiary/aromatic N) is 4. The third kappa shape index (κ3) is 5.15. The van der Waals surface area contributed by atoms with Crippen molar-refractivity contribution in [2.24, 2.45) is 0 Å². The number of rotatable bonds is 9. The van der Waals surface area contributed by atoms with Gasteiger partial charge in [-0.25, -0.2) is 22.1 Å². The number of sulfonamides is 1. The Morgan fingerprint density at radius 3 is 2.23 bits per heavy atom. The van der Waals surface area contributed by atoms with Crippen LogP contribution in [-0.2, 0) is 23.1 Å². The molecule has 0 unspecified atom stereocenters. The van der Waals surface area contributed by atoms with Crippen LogP contribution in [0, 0.1) is 5.82 Å². The lowest BCUT2D eigenvalue weighted by atomic mass is 9.97. The zero-order valence-corrected chi connectivity index (χ0v) is 21.3. The van der Waals surface area contributed by atoms with E-state index in [0.717, 1.165) is 35.4 Å². The smallest absolute Gasteiger partial charge is 0.242 e. The highest BCUT2D eigenvalue weighted by molar-refractivity contribution is 7.89. The van der Waals surface area contributed by atoms with Crippen LogP contribution < -0.4 is 0 Å². The summed E-state index contributed by atoms with van der Waals surface area (Å²) in [6.07, 6.45) is 0.917. The molecule has 0 N–H and O–H groups in total. The highest BCUT2D eigenvalue weighted by Gasteiger charge is 2.23. The van der Waals surface area contributed by atoms with Gasteiger partial charge in [0.05, 0.1) is 28.5 Å². The van der Waals surface area contributed by atoms with Gasteiger partial charge in [0.25, 0.3) is 0 Å². The second-order valence-electron chi connectivity index (χ2n) is 8.90. The van der Waals surface area contributed by atoms with E-state index in [1.165, 1.54) is 30.5 Å². The number of aryl methyl sites for hydroxylation is 1. The second kappa shape index (κ2) is 10.3. The SMILES string of the molecule is CCCn1c(CN(C)[C@@H](c2ccccc2)c2ccc(F)cc2)nc2cc(S(=O)(=O)N(C)C)ccc21. The summed E-state index contributed by atoms with van der Waals surface area (Å²) in [6.45, 7) is 3.41. The minimum atomic E-state index is -3.55. The molecule has 0 aliphatic rings. The summed E-state index contributed by atoms with van der Waals surface area (Å²) >= 11 is 0. The van der Waals surface area contributed by atoms with Gasteiger partial charge in [-0.05, 0) is 54.9 Å². The molecule has 4 aromatic rings. The van der Waals surface area contributed by atoms with E-state index in [1.54, 1.807) is 12.1 Å². The van der Waals surface area contributed by atoms with Crippen molar-refractivity contribution in [3.8, 4) is 0 Å². The summed E-state index contributed by atoms with van der Waals surface area (Å²) in [4.78, 5) is 7.28. The van der Waals surface area contributed by atoms with Crippen molar-refractivity contribution >= 4 is 21.1 Å². The van der Waals surface area contributed by atoms with Crippen LogP contribution in [0.4, 0.5) is 4.39 Å². The Morgan fingerprint density at radius 2 is 1.60 bits per heavy atom. The van der Waals surface area contributed by atoms with Crippen LogP contribution in [0.5, 0.6) is 0 Å². The van der Waals surface area contributed by atoms with E-state index in [0.29, 0.717) is 12.1 Å². The molecular weight excluding hydrogens is 463 g/mol. The molecule has 1 heterocycles. The van der Waals surface area contributed by atoms with Crippen LogP contribution in [0.2, 0.25) is 0 Å². The van der Waals surface area contributed by atoms with E-state index in [2.05, 4.69) is 28.5 Å². The fourth-order valence-corrected chi connectivity index (χ4v) is 5.34. The van der Waals surface area contributed by atoms with E-state index in [-0.39, 0.29) is 16.8 Å². The van der Waals surface area contributed by atoms with Gasteiger partial charge in [-0.15, -0.1) is 0 Å². The van der Waals surface area contributed by atoms with Crippen LogP contribution in [0.15, 0.2) is 77.7 Å². The second-order valence-corrected chi connectivity index (χ2v) is 11.0. The summed E-state index contributed by atoms with van der Waals surface area (Å²) in [5.41, 5.74) is 3.64. The Morgan fingerprint density at radius 1 is 0.943 bits per heavy atom. The number of benzene rings is 3. The summed E-state index contributed by atoms with van der Waals surface area (Å²) in [6, 6.07) is 21.7. The van der Waals surface area contributed by atoms with Crippen molar-refractivity contribution in [3.05, 3.63) is 95.6 Å². The molecule has 0 radical (unpaired) electrons. The minimum absolute atomic E-state index is 0.101. The van der Waals surface area contributed by atoms with Gasteiger partial charge in [0.15, 0.2) is 0 Å². The van der Waals surface area contributed by atoms with Gasteiger partial charge in [0.1, 0.15) is 11.6 Å². The molecule has 0 aliphatic heterocycles. The predicted octanol–water partition coefficient (Wildman–Crippen LogP) is 5.06. The van der Waals surface area contributed by atoms with Crippen molar-refractivity contribution in [1.29, 1.82) is 0 Å². The summed E-state index contributed by atoms with van der Waals surface area (Å²) < 4.78 is 42.3. The van der Waals surface area contributed by atoms with Gasteiger partial charge in [-0.1, -0.05) is 49.4 Å². The van der Waals surface area contributed by atoms with E-state index < -0.39 is 10.0 Å². The molecule has 0 amide bonds. The first-order valence-electron chi connectivity index (χ1n) is 11.6. The molecule has 0 bridgehead atoms. The minimum Gasteiger partial charge on any atom is -0.327 e. The van der Waals surface area contributed by atoms with Crippen LogP contribution in [0.25, 0.3) is 11.0 Å². The molecular formula is C27H31FN4O2S. The molecule has 4 rings (SSSR count). The third-order valence-corrected chi connectivity index (χ3v) is 7.97. The van der Waals surface area contributed by atoms with E-state index in [4.69, 9.17) is 4.98 Å². The molecule has 0 fully saturated rings. The highest BCUT2D eigenvalue weighted by Crippen LogP contribution is 2.30. The largest absolute Gasteiger partial charge is 0.327 e. The topological polar surface area (TPSA) is 58.4 Å². The van der Waals surface area contributed by atoms with Crippen LogP contribution in [-0.4, -0.2) is 48.3 Å². The molecule has 0 aliphatic carbocycles. The Bertz CT molecular complexity index is 1400. The maximum atomic E-state index is 13.6. The average Bonchev–Trinajstić information content (AvgIpc) is 3.17. The molecule has 3 aromatic carbocycles. The summed E-state index contributed by atoms with van der Waals surface area (Å²) in [7, 11) is 1.52. The van der Waals surface area contributed by atoms with Crippen molar-refractivity contribution in [1.82, 2.24) is 18.8 Å². The normalized spacial score (nSPS) is 13.1. The maximum absolute atomic E-state index is 13.6. The number of aromatic nitrogens is 2. The zero-order valence-electron chi connectivity index (χ0n) is 20.5. The summed E-state index contributed by atoms with van der Waals surface area (Å²) in [5.74, 6) is 0.586. The highest BCUT2D eigenvalue weighted by atomic mass is 32.2. The molecule has 0 spiro atoms. The molecule has 0 saturated carbocycles. The fourth-order valence-electron chi connectivity index (χ4n) is 4.42. The number of fused-ring (bicyclic) bond motifs is 1. The van der Waals surface area contributed by atoms with Gasteiger partial charge in [-0.3, -0.25) is 4.90 Å². The molecule has 1 atom stereocenters. The lowest BCUT2D eigenvalue weighted by molar-refractivity contribution is 0.260. The predicted molar refractivity (Wildman–Crippen MR) is 137 cm³/mol. The molecule has 1 aromatic heterocycles. The number of hydrogen-bond donors (Lipinski definition) is 0. The molecule has 8 heteroatoms. The van der Waals surface area contributed by atoms with Gasteiger partial charge in [-0.2, -0.15) is 0 Å². The Hall–Kier alpha value is -3.07. The van der Waals surface area contributed by atoms with Gasteiger partial charge >= 0.3 is 0 Å². The standard InChI is InChI=1S/C27H31FN4O2S/c1-5-17-32-25-16-15-23(35(33,34)30(2)3)18-24(25)29-26(32)19-31(4)27(20-9-7-6-8-10-20)21-11-13-22(28)14-12-21/h6-16,18,27H,5,17,19H2,1-4H3/t27-/m0/s1. The maximum Gasteiger partial charge on any atom is 0.242 e. The number of hydrogen-bond acceptors (Lipinski definition) is 4. The van der Waals surface area contributed by atoms with E-state index >= 15 is 0 Å². The fraction of sp³-hybridized carbons (Fsp3) is 0.296. The van der Waals surface area contributed by atoms with Gasteiger partial charge in [0.2, 0.25) is 10.0 Å². The first kappa shape index (κ1) is 25.0. The Labute approximate surface area is 206 Å². The molecule has 0 saturated heterocycles. The number of halogens is 1. The number of imidazole rings is 1. The van der Waals surface area contributed by atoms with E-state index in [1.807, 2.05) is 43.4 Å². The van der Waals surface area contributed by atoms with Gasteiger partial charge < -0.3 is 4.57 Å². The quantitative estimate of drug-likeness (QED) is 0.327. The van der Waals surface area contributed by atoms with Crippen molar-refractivity contribution < 1.29 is 12.8 Å². The van der Waals surface area contributed by atoms with Crippen LogP contribution >= 0.6 is 0 Å². The Kier molecular flexibility index (Phi) is 7.35.